The smallest absolute Gasteiger partial charge is 0.372 e. The van der Waals surface area contributed by atoms with Gasteiger partial charge in [0.2, 0.25) is 0 Å². The van der Waals surface area contributed by atoms with Crippen LogP contribution in [0.15, 0.2) is 18.2 Å². The van der Waals surface area contributed by atoms with Crippen molar-refractivity contribution in [2.45, 2.75) is 25.9 Å². The van der Waals surface area contributed by atoms with Crippen LogP contribution in [0.1, 0.15) is 35.7 Å². The van der Waals surface area contributed by atoms with Crippen LogP contribution < -0.4 is 4.90 Å². The Bertz CT molecular complexity index is 466. The van der Waals surface area contributed by atoms with Gasteiger partial charge in [0.15, 0.2) is 6.29 Å². The zero-order valence-corrected chi connectivity index (χ0v) is 10.7. The lowest BCUT2D eigenvalue weighted by molar-refractivity contribution is -0.137. The Morgan fingerprint density at radius 3 is 2.53 bits per heavy atom. The first kappa shape index (κ1) is 13.9. The maximum absolute atomic E-state index is 12.9. The van der Waals surface area contributed by atoms with E-state index in [9.17, 15) is 18.0 Å². The molecule has 1 aromatic carbocycles. The molecule has 0 heterocycles. The standard InChI is InChI=1S/C14H16F3NO/c1-2-18(8-10-3-4-10)12-6-5-11(9-19)13(7-12)14(15,16)17/h5-7,9-10H,2-4,8H2,1H3. The second-order valence-corrected chi connectivity index (χ2v) is 4.87. The summed E-state index contributed by atoms with van der Waals surface area (Å²) in [5.41, 5.74) is -0.625. The number of alkyl halides is 3. The summed E-state index contributed by atoms with van der Waals surface area (Å²) in [5.74, 6) is 0.597. The van der Waals surface area contributed by atoms with Crippen molar-refractivity contribution < 1.29 is 18.0 Å². The zero-order chi connectivity index (χ0) is 14.0. The maximum Gasteiger partial charge on any atom is 0.417 e. The van der Waals surface area contributed by atoms with E-state index in [-0.39, 0.29) is 11.8 Å². The van der Waals surface area contributed by atoms with Gasteiger partial charge >= 0.3 is 6.18 Å². The lowest BCUT2D eigenvalue weighted by Gasteiger charge is -2.24. The Labute approximate surface area is 110 Å². The first-order chi connectivity index (χ1) is 8.95. The van der Waals surface area contributed by atoms with Crippen LogP contribution >= 0.6 is 0 Å². The summed E-state index contributed by atoms with van der Waals surface area (Å²) in [7, 11) is 0. The van der Waals surface area contributed by atoms with Gasteiger partial charge < -0.3 is 4.90 Å². The van der Waals surface area contributed by atoms with Crippen molar-refractivity contribution in [3.05, 3.63) is 29.3 Å². The van der Waals surface area contributed by atoms with Crippen LogP contribution in [0.2, 0.25) is 0 Å². The molecule has 1 aliphatic carbocycles. The third kappa shape index (κ3) is 3.28. The van der Waals surface area contributed by atoms with Gasteiger partial charge in [-0.15, -0.1) is 0 Å². The Morgan fingerprint density at radius 2 is 2.05 bits per heavy atom. The highest BCUT2D eigenvalue weighted by atomic mass is 19.4. The summed E-state index contributed by atoms with van der Waals surface area (Å²) in [4.78, 5) is 12.6. The van der Waals surface area contributed by atoms with Crippen LogP contribution in [0.4, 0.5) is 18.9 Å². The van der Waals surface area contributed by atoms with Crippen LogP contribution in [-0.4, -0.2) is 19.4 Å². The molecule has 0 spiro atoms. The van der Waals surface area contributed by atoms with Gasteiger partial charge in [0.25, 0.3) is 0 Å². The minimum absolute atomic E-state index is 0.254. The highest BCUT2D eigenvalue weighted by Crippen LogP contribution is 2.36. The predicted molar refractivity (Wildman–Crippen MR) is 67.4 cm³/mol. The predicted octanol–water partition coefficient (Wildman–Crippen LogP) is 3.75. The quantitative estimate of drug-likeness (QED) is 0.760. The number of benzene rings is 1. The number of nitrogens with zero attached hydrogens (tertiary/aromatic N) is 1. The van der Waals surface area contributed by atoms with Gasteiger partial charge in [-0.3, -0.25) is 4.79 Å². The molecule has 104 valence electrons. The Balaban J connectivity index is 2.32. The SMILES string of the molecule is CCN(CC1CC1)c1ccc(C=O)c(C(F)(F)F)c1. The third-order valence-corrected chi connectivity index (χ3v) is 3.39. The number of hydrogen-bond donors (Lipinski definition) is 0. The highest BCUT2D eigenvalue weighted by Gasteiger charge is 2.34. The number of rotatable bonds is 5. The van der Waals surface area contributed by atoms with Gasteiger partial charge in [0, 0.05) is 24.3 Å². The van der Waals surface area contributed by atoms with Gasteiger partial charge in [0.05, 0.1) is 5.56 Å². The third-order valence-electron chi connectivity index (χ3n) is 3.39. The molecule has 1 aromatic rings. The fourth-order valence-corrected chi connectivity index (χ4v) is 2.12. The van der Waals surface area contributed by atoms with E-state index in [1.54, 1.807) is 6.07 Å². The lowest BCUT2D eigenvalue weighted by Crippen LogP contribution is -2.25. The summed E-state index contributed by atoms with van der Waals surface area (Å²) in [6, 6.07) is 3.92. The van der Waals surface area contributed by atoms with E-state index in [0.29, 0.717) is 18.2 Å². The number of anilines is 1. The van der Waals surface area contributed by atoms with E-state index in [1.807, 2.05) is 11.8 Å². The van der Waals surface area contributed by atoms with Crippen molar-refractivity contribution in [2.24, 2.45) is 5.92 Å². The Morgan fingerprint density at radius 1 is 1.37 bits per heavy atom. The summed E-state index contributed by atoms with van der Waals surface area (Å²) in [5, 5.41) is 0. The second kappa shape index (κ2) is 5.23. The number of carbonyl (C=O) groups excluding carboxylic acids is 1. The van der Waals surface area contributed by atoms with E-state index in [4.69, 9.17) is 0 Å². The van der Waals surface area contributed by atoms with Crippen LogP contribution in [0.25, 0.3) is 0 Å². The van der Waals surface area contributed by atoms with Gasteiger partial charge in [0.1, 0.15) is 0 Å². The van der Waals surface area contributed by atoms with Crippen LogP contribution in [0, 0.1) is 5.92 Å². The van der Waals surface area contributed by atoms with Gasteiger partial charge in [-0.05, 0) is 43.9 Å². The molecule has 0 aromatic heterocycles. The molecular formula is C14H16F3NO. The lowest BCUT2D eigenvalue weighted by atomic mass is 10.1. The molecule has 0 bridgehead atoms. The molecule has 1 aliphatic rings. The van der Waals surface area contributed by atoms with Crippen molar-refractivity contribution in [3.63, 3.8) is 0 Å². The van der Waals surface area contributed by atoms with E-state index in [0.717, 1.165) is 25.5 Å². The van der Waals surface area contributed by atoms with E-state index in [1.165, 1.54) is 6.07 Å². The molecule has 1 saturated carbocycles. The molecule has 2 rings (SSSR count). The topological polar surface area (TPSA) is 20.3 Å². The van der Waals surface area contributed by atoms with Gasteiger partial charge in [-0.1, -0.05) is 0 Å². The molecule has 19 heavy (non-hydrogen) atoms. The Kier molecular flexibility index (Phi) is 3.83. The molecule has 0 unspecified atom stereocenters. The first-order valence-corrected chi connectivity index (χ1v) is 6.37. The minimum atomic E-state index is -4.49. The first-order valence-electron chi connectivity index (χ1n) is 6.37. The normalized spacial score (nSPS) is 15.4. The van der Waals surface area contributed by atoms with Crippen molar-refractivity contribution in [2.75, 3.05) is 18.0 Å². The molecule has 0 radical (unpaired) electrons. The molecule has 1 fully saturated rings. The molecule has 2 nitrogen and oxygen atoms in total. The minimum Gasteiger partial charge on any atom is -0.372 e. The largest absolute Gasteiger partial charge is 0.417 e. The Hall–Kier alpha value is -1.52. The molecule has 0 N–H and O–H groups in total. The zero-order valence-electron chi connectivity index (χ0n) is 10.7. The number of carbonyl (C=O) groups is 1. The average molecular weight is 271 g/mol. The molecule has 0 aliphatic heterocycles. The molecular weight excluding hydrogens is 255 g/mol. The molecule has 0 atom stereocenters. The summed E-state index contributed by atoms with van der Waals surface area (Å²) < 4.78 is 38.6. The van der Waals surface area contributed by atoms with Crippen LogP contribution in [-0.2, 0) is 6.18 Å². The molecule has 0 saturated heterocycles. The van der Waals surface area contributed by atoms with E-state index in [2.05, 4.69) is 0 Å². The van der Waals surface area contributed by atoms with E-state index >= 15 is 0 Å². The summed E-state index contributed by atoms with van der Waals surface area (Å²) in [6.07, 6.45) is -1.95. The number of halogens is 3. The summed E-state index contributed by atoms with van der Waals surface area (Å²) >= 11 is 0. The molecule has 5 heteroatoms. The average Bonchev–Trinajstić information content (AvgIpc) is 3.18. The van der Waals surface area contributed by atoms with Crippen molar-refractivity contribution in [3.8, 4) is 0 Å². The van der Waals surface area contributed by atoms with Crippen molar-refractivity contribution >= 4 is 12.0 Å². The fraction of sp³-hybridized carbons (Fsp3) is 0.500. The number of aldehydes is 1. The highest BCUT2D eigenvalue weighted by molar-refractivity contribution is 5.79. The van der Waals surface area contributed by atoms with Crippen LogP contribution in [0.3, 0.4) is 0 Å². The maximum atomic E-state index is 12.9. The van der Waals surface area contributed by atoms with Crippen LogP contribution in [0.5, 0.6) is 0 Å². The van der Waals surface area contributed by atoms with Gasteiger partial charge in [-0.2, -0.15) is 13.2 Å². The van der Waals surface area contributed by atoms with Crippen molar-refractivity contribution in [1.29, 1.82) is 0 Å². The van der Waals surface area contributed by atoms with Crippen molar-refractivity contribution in [1.82, 2.24) is 0 Å². The second-order valence-electron chi connectivity index (χ2n) is 4.87. The van der Waals surface area contributed by atoms with Gasteiger partial charge in [-0.25, -0.2) is 0 Å². The van der Waals surface area contributed by atoms with E-state index < -0.39 is 11.7 Å². The molecule has 0 amide bonds. The number of hydrogen-bond acceptors (Lipinski definition) is 2. The summed E-state index contributed by atoms with van der Waals surface area (Å²) in [6.45, 7) is 3.37. The fourth-order valence-electron chi connectivity index (χ4n) is 2.12. The monoisotopic (exact) mass is 271 g/mol.